The van der Waals surface area contributed by atoms with Crippen molar-refractivity contribution in [1.82, 2.24) is 0 Å². The molecule has 2 heteroatoms. The highest BCUT2D eigenvalue weighted by atomic mass is 16.5. The molecule has 0 bridgehead atoms. The number of hydrogen-bond acceptors (Lipinski definition) is 2. The van der Waals surface area contributed by atoms with Gasteiger partial charge in [0.25, 0.3) is 0 Å². The van der Waals surface area contributed by atoms with Gasteiger partial charge in [0.2, 0.25) is 0 Å². The second-order valence-corrected chi connectivity index (χ2v) is 9.32. The fourth-order valence-electron chi connectivity index (χ4n) is 5.77. The molecule has 2 nitrogen and oxygen atoms in total. The van der Waals surface area contributed by atoms with Crippen LogP contribution >= 0.6 is 0 Å². The van der Waals surface area contributed by atoms with E-state index >= 15 is 0 Å². The smallest absolute Gasteiger partial charge is 0.144 e. The Hall–Kier alpha value is -3.26. The molecular formula is C33H39NO. The van der Waals surface area contributed by atoms with Crippen molar-refractivity contribution in [3.63, 3.8) is 0 Å². The molecular weight excluding hydrogens is 426 g/mol. The number of ether oxygens (including phenoxy) is 1. The van der Waals surface area contributed by atoms with Crippen molar-refractivity contribution in [3.05, 3.63) is 102 Å². The number of rotatable bonds is 7. The fraction of sp³-hybridized carbons (Fsp3) is 0.333. The Labute approximate surface area is 211 Å². The molecule has 2 unspecified atom stereocenters. The fourth-order valence-corrected chi connectivity index (χ4v) is 5.77. The Morgan fingerprint density at radius 1 is 0.914 bits per heavy atom. The zero-order chi connectivity index (χ0) is 24.6. The predicted octanol–water partition coefficient (Wildman–Crippen LogP) is 9.54. The molecule has 2 aliphatic carbocycles. The summed E-state index contributed by atoms with van der Waals surface area (Å²) < 4.78 is 6.52. The first kappa shape index (κ1) is 24.9. The van der Waals surface area contributed by atoms with Gasteiger partial charge in [-0.15, -0.1) is 0 Å². The van der Waals surface area contributed by atoms with Crippen LogP contribution in [0, 0.1) is 5.92 Å². The van der Waals surface area contributed by atoms with Crippen molar-refractivity contribution in [2.75, 3.05) is 5.32 Å². The quantitative estimate of drug-likeness (QED) is 0.375. The molecule has 1 N–H and O–H groups in total. The number of benzene rings is 3. The Kier molecular flexibility index (Phi) is 8.47. The molecule has 0 aliphatic heterocycles. The van der Waals surface area contributed by atoms with Crippen molar-refractivity contribution >= 4 is 23.5 Å². The standard InChI is InChI=1S/C31H33NO.C2H6/c1-3-23-14-9-11-17-29(23)32-31-25(4-2)27-19-18-24-15-8-10-16-26(24)28(27)20-30(31)33-21-22-12-6-5-7-13-22;1-2/h3-7,9,11-14,17,20,24,26,32H,1-2,8,10,15-16,18-19,21H2;1-2H3. The minimum atomic E-state index is 0.544. The lowest BCUT2D eigenvalue weighted by Gasteiger charge is -2.38. The van der Waals surface area contributed by atoms with Crippen LogP contribution in [0.4, 0.5) is 11.4 Å². The van der Waals surface area contributed by atoms with E-state index in [1.54, 1.807) is 0 Å². The minimum absolute atomic E-state index is 0.544. The van der Waals surface area contributed by atoms with Gasteiger partial charge < -0.3 is 10.1 Å². The molecule has 5 rings (SSSR count). The first-order valence-electron chi connectivity index (χ1n) is 13.3. The lowest BCUT2D eigenvalue weighted by Crippen LogP contribution is -2.25. The molecule has 182 valence electrons. The summed E-state index contributed by atoms with van der Waals surface area (Å²) in [5.41, 5.74) is 8.44. The molecule has 0 heterocycles. The maximum absolute atomic E-state index is 6.52. The van der Waals surface area contributed by atoms with Crippen molar-refractivity contribution in [2.45, 2.75) is 64.9 Å². The van der Waals surface area contributed by atoms with E-state index in [2.05, 4.69) is 67.0 Å². The van der Waals surface area contributed by atoms with Gasteiger partial charge in [-0.3, -0.25) is 0 Å². The molecule has 0 radical (unpaired) electrons. The van der Waals surface area contributed by atoms with Gasteiger partial charge >= 0.3 is 0 Å². The largest absolute Gasteiger partial charge is 0.487 e. The zero-order valence-corrected chi connectivity index (χ0v) is 21.4. The molecule has 2 atom stereocenters. The zero-order valence-electron chi connectivity index (χ0n) is 21.4. The Morgan fingerprint density at radius 3 is 2.43 bits per heavy atom. The molecule has 0 saturated heterocycles. The van der Waals surface area contributed by atoms with E-state index in [0.29, 0.717) is 12.5 Å². The summed E-state index contributed by atoms with van der Waals surface area (Å²) in [5.74, 6) is 2.37. The third kappa shape index (κ3) is 5.37. The van der Waals surface area contributed by atoms with E-state index in [9.17, 15) is 0 Å². The molecule has 35 heavy (non-hydrogen) atoms. The van der Waals surface area contributed by atoms with Crippen molar-refractivity contribution in [2.24, 2.45) is 5.92 Å². The van der Waals surface area contributed by atoms with Gasteiger partial charge in [-0.25, -0.2) is 0 Å². The van der Waals surface area contributed by atoms with Gasteiger partial charge in [0.15, 0.2) is 0 Å². The summed E-state index contributed by atoms with van der Waals surface area (Å²) >= 11 is 0. The lowest BCUT2D eigenvalue weighted by molar-refractivity contribution is 0.272. The van der Waals surface area contributed by atoms with Crippen LogP contribution in [0.1, 0.15) is 79.7 Å². The molecule has 1 saturated carbocycles. The summed E-state index contributed by atoms with van der Waals surface area (Å²) in [5, 5.41) is 3.70. The van der Waals surface area contributed by atoms with E-state index < -0.39 is 0 Å². The van der Waals surface area contributed by atoms with E-state index in [0.717, 1.165) is 35.0 Å². The number of hydrogen-bond donors (Lipinski definition) is 1. The van der Waals surface area contributed by atoms with Gasteiger partial charge in [-0.2, -0.15) is 0 Å². The van der Waals surface area contributed by atoms with Crippen LogP contribution in [-0.2, 0) is 13.0 Å². The van der Waals surface area contributed by atoms with Crippen LogP contribution in [0.5, 0.6) is 5.75 Å². The Morgan fingerprint density at radius 2 is 1.66 bits per heavy atom. The maximum Gasteiger partial charge on any atom is 0.144 e. The highest BCUT2D eigenvalue weighted by molar-refractivity contribution is 5.83. The summed E-state index contributed by atoms with van der Waals surface area (Å²) in [6.07, 6.45) is 11.7. The van der Waals surface area contributed by atoms with E-state index in [4.69, 9.17) is 4.74 Å². The van der Waals surface area contributed by atoms with Gasteiger partial charge in [0.1, 0.15) is 12.4 Å². The lowest BCUT2D eigenvalue weighted by atomic mass is 9.67. The second kappa shape index (κ2) is 11.9. The summed E-state index contributed by atoms with van der Waals surface area (Å²) in [6.45, 7) is 12.8. The van der Waals surface area contributed by atoms with Gasteiger partial charge in [-0.1, -0.05) is 101 Å². The van der Waals surface area contributed by atoms with Crippen LogP contribution in [0.25, 0.3) is 12.2 Å². The highest BCUT2D eigenvalue weighted by Crippen LogP contribution is 2.50. The molecule has 0 aromatic heterocycles. The van der Waals surface area contributed by atoms with Crippen LogP contribution in [0.15, 0.2) is 73.8 Å². The molecule has 3 aromatic carbocycles. The van der Waals surface area contributed by atoms with Crippen LogP contribution in [0.2, 0.25) is 0 Å². The third-order valence-electron chi connectivity index (χ3n) is 7.43. The predicted molar refractivity (Wildman–Crippen MR) is 151 cm³/mol. The number of anilines is 2. The molecule has 3 aromatic rings. The van der Waals surface area contributed by atoms with E-state index in [1.165, 1.54) is 54.4 Å². The molecule has 0 spiro atoms. The first-order chi connectivity index (χ1) is 17.3. The van der Waals surface area contributed by atoms with Gasteiger partial charge in [0.05, 0.1) is 5.69 Å². The summed E-state index contributed by atoms with van der Waals surface area (Å²) in [4.78, 5) is 0. The van der Waals surface area contributed by atoms with Crippen LogP contribution < -0.4 is 10.1 Å². The number of nitrogens with one attached hydrogen (secondary N) is 1. The topological polar surface area (TPSA) is 21.3 Å². The van der Waals surface area contributed by atoms with Crippen LogP contribution in [0.3, 0.4) is 0 Å². The van der Waals surface area contributed by atoms with Crippen molar-refractivity contribution in [1.29, 1.82) is 0 Å². The molecule has 2 aliphatic rings. The van der Waals surface area contributed by atoms with Crippen LogP contribution in [-0.4, -0.2) is 0 Å². The monoisotopic (exact) mass is 465 g/mol. The summed E-state index contributed by atoms with van der Waals surface area (Å²) in [6, 6.07) is 21.0. The summed E-state index contributed by atoms with van der Waals surface area (Å²) in [7, 11) is 0. The molecule has 0 amide bonds. The van der Waals surface area contributed by atoms with Gasteiger partial charge in [0, 0.05) is 11.3 Å². The SMILES string of the molecule is C=Cc1ccccc1Nc1c(OCc2ccccc2)cc2c(c1C=C)CCC1CCCCC21.CC. The number of fused-ring (bicyclic) bond motifs is 3. The van der Waals surface area contributed by atoms with E-state index in [-0.39, 0.29) is 0 Å². The maximum atomic E-state index is 6.52. The molecule has 1 fully saturated rings. The van der Waals surface area contributed by atoms with Crippen molar-refractivity contribution < 1.29 is 4.74 Å². The van der Waals surface area contributed by atoms with E-state index in [1.807, 2.05) is 38.1 Å². The second-order valence-electron chi connectivity index (χ2n) is 9.32. The van der Waals surface area contributed by atoms with Crippen molar-refractivity contribution in [3.8, 4) is 5.75 Å². The highest BCUT2D eigenvalue weighted by Gasteiger charge is 2.34. The average molecular weight is 466 g/mol. The Bertz CT molecular complexity index is 1150. The minimum Gasteiger partial charge on any atom is -0.487 e. The van der Waals surface area contributed by atoms with Gasteiger partial charge in [-0.05, 0) is 71.9 Å². The average Bonchev–Trinajstić information content (AvgIpc) is 2.93. The third-order valence-corrected chi connectivity index (χ3v) is 7.43. The number of para-hydroxylation sites is 1. The normalized spacial score (nSPS) is 18.2. The Balaban J connectivity index is 0.00000141. The first-order valence-corrected chi connectivity index (χ1v) is 13.3.